The van der Waals surface area contributed by atoms with E-state index in [1.807, 2.05) is 0 Å². The number of ether oxygens (including phenoxy) is 1. The van der Waals surface area contributed by atoms with Crippen LogP contribution in [0.2, 0.25) is 0 Å². The van der Waals surface area contributed by atoms with Gasteiger partial charge in [-0.05, 0) is 13.8 Å². The first-order valence-corrected chi connectivity index (χ1v) is 5.02. The highest BCUT2D eigenvalue weighted by atomic mass is 16.5. The van der Waals surface area contributed by atoms with Crippen LogP contribution in [0.25, 0.3) is 0 Å². The van der Waals surface area contributed by atoms with Crippen LogP contribution in [0, 0.1) is 0 Å². The molecule has 5 nitrogen and oxygen atoms in total. The van der Waals surface area contributed by atoms with Crippen molar-refractivity contribution >= 4 is 17.7 Å². The summed E-state index contributed by atoms with van der Waals surface area (Å²) in [5, 5.41) is 2.53. The number of Topliss-reactive ketones (excluding diaryl/α,β-unsaturated/α-hetero) is 1. The molecule has 5 heteroatoms. The molecule has 0 unspecified atom stereocenters. The van der Waals surface area contributed by atoms with E-state index in [1.54, 1.807) is 6.92 Å². The van der Waals surface area contributed by atoms with E-state index in [2.05, 4.69) is 11.9 Å². The number of amides is 1. The number of ketones is 1. The topological polar surface area (TPSA) is 72.5 Å². The van der Waals surface area contributed by atoms with Gasteiger partial charge in [0.05, 0.1) is 6.54 Å². The van der Waals surface area contributed by atoms with Gasteiger partial charge in [-0.3, -0.25) is 4.79 Å². The summed E-state index contributed by atoms with van der Waals surface area (Å²) in [5.41, 5.74) is 0.322. The van der Waals surface area contributed by atoms with Crippen LogP contribution in [-0.4, -0.2) is 30.8 Å². The van der Waals surface area contributed by atoms with Crippen LogP contribution in [0.5, 0.6) is 0 Å². The maximum absolute atomic E-state index is 11.1. The van der Waals surface area contributed by atoms with Crippen molar-refractivity contribution in [3.63, 3.8) is 0 Å². The van der Waals surface area contributed by atoms with Gasteiger partial charge in [-0.2, -0.15) is 0 Å². The molecule has 0 aliphatic rings. The molecule has 0 saturated heterocycles. The molecule has 0 rings (SSSR count). The van der Waals surface area contributed by atoms with Crippen molar-refractivity contribution in [1.82, 2.24) is 5.32 Å². The molecule has 90 valence electrons. The Kier molecular flexibility index (Phi) is 6.83. The smallest absolute Gasteiger partial charge is 0.333 e. The van der Waals surface area contributed by atoms with Crippen LogP contribution in [0.15, 0.2) is 12.2 Å². The van der Waals surface area contributed by atoms with Crippen molar-refractivity contribution in [3.8, 4) is 0 Å². The Morgan fingerprint density at radius 2 is 1.81 bits per heavy atom. The molecular weight excluding hydrogens is 210 g/mol. The van der Waals surface area contributed by atoms with Gasteiger partial charge in [0.1, 0.15) is 12.4 Å². The molecule has 0 heterocycles. The fourth-order valence-electron chi connectivity index (χ4n) is 0.835. The predicted molar refractivity (Wildman–Crippen MR) is 58.7 cm³/mol. The molecule has 0 fully saturated rings. The van der Waals surface area contributed by atoms with Gasteiger partial charge in [0.2, 0.25) is 5.91 Å². The lowest BCUT2D eigenvalue weighted by molar-refractivity contribution is -0.139. The molecule has 1 N–H and O–H groups in total. The molecule has 0 aliphatic heterocycles. The third kappa shape index (κ3) is 7.73. The zero-order chi connectivity index (χ0) is 12.6. The fourth-order valence-corrected chi connectivity index (χ4v) is 0.835. The van der Waals surface area contributed by atoms with Crippen LogP contribution in [0.3, 0.4) is 0 Å². The van der Waals surface area contributed by atoms with E-state index in [4.69, 9.17) is 4.74 Å². The zero-order valence-electron chi connectivity index (χ0n) is 9.67. The Morgan fingerprint density at radius 1 is 1.19 bits per heavy atom. The third-order valence-electron chi connectivity index (χ3n) is 1.71. The SMILES string of the molecule is C=C(C)C(=O)OCCNC(=O)CCC(C)=O. The van der Waals surface area contributed by atoms with Gasteiger partial charge in [0.15, 0.2) is 0 Å². The van der Waals surface area contributed by atoms with E-state index in [1.165, 1.54) is 6.92 Å². The number of rotatable bonds is 7. The Morgan fingerprint density at radius 3 is 2.31 bits per heavy atom. The molecule has 1 amide bonds. The van der Waals surface area contributed by atoms with Crippen LogP contribution < -0.4 is 5.32 Å². The third-order valence-corrected chi connectivity index (χ3v) is 1.71. The number of carbonyl (C=O) groups excluding carboxylic acids is 3. The largest absolute Gasteiger partial charge is 0.460 e. The lowest BCUT2D eigenvalue weighted by atomic mass is 10.2. The first-order chi connectivity index (χ1) is 7.43. The quantitative estimate of drug-likeness (QED) is 0.392. The molecule has 0 aromatic heterocycles. The van der Waals surface area contributed by atoms with Gasteiger partial charge in [-0.25, -0.2) is 4.79 Å². The maximum atomic E-state index is 11.1. The van der Waals surface area contributed by atoms with E-state index in [0.29, 0.717) is 5.57 Å². The monoisotopic (exact) mass is 227 g/mol. The Hall–Kier alpha value is -1.65. The highest BCUT2D eigenvalue weighted by Crippen LogP contribution is 1.92. The molecule has 0 aromatic carbocycles. The van der Waals surface area contributed by atoms with Gasteiger partial charge in [0, 0.05) is 18.4 Å². The van der Waals surface area contributed by atoms with Crippen molar-refractivity contribution in [2.24, 2.45) is 0 Å². The van der Waals surface area contributed by atoms with Gasteiger partial charge in [-0.1, -0.05) is 6.58 Å². The van der Waals surface area contributed by atoms with Crippen LogP contribution in [0.1, 0.15) is 26.7 Å². The second-order valence-electron chi connectivity index (χ2n) is 3.47. The van der Waals surface area contributed by atoms with Gasteiger partial charge in [-0.15, -0.1) is 0 Å². The Labute approximate surface area is 94.8 Å². The van der Waals surface area contributed by atoms with Crippen molar-refractivity contribution in [2.75, 3.05) is 13.2 Å². The molecule has 0 aliphatic carbocycles. The lowest BCUT2D eigenvalue weighted by Crippen LogP contribution is -2.28. The average molecular weight is 227 g/mol. The van der Waals surface area contributed by atoms with Crippen molar-refractivity contribution < 1.29 is 19.1 Å². The molecule has 0 spiro atoms. The Bertz CT molecular complexity index is 296. The van der Waals surface area contributed by atoms with E-state index in [-0.39, 0.29) is 37.7 Å². The predicted octanol–water partition coefficient (Wildman–Crippen LogP) is 0.591. The van der Waals surface area contributed by atoms with Crippen molar-refractivity contribution in [2.45, 2.75) is 26.7 Å². The molecule has 0 aromatic rings. The minimum atomic E-state index is -0.474. The number of carbonyl (C=O) groups is 3. The Balaban J connectivity index is 3.52. The van der Waals surface area contributed by atoms with Crippen LogP contribution >= 0.6 is 0 Å². The van der Waals surface area contributed by atoms with Crippen molar-refractivity contribution in [3.05, 3.63) is 12.2 Å². The minimum absolute atomic E-state index is 0.0242. The molecule has 16 heavy (non-hydrogen) atoms. The highest BCUT2D eigenvalue weighted by molar-refractivity contribution is 5.87. The van der Waals surface area contributed by atoms with Gasteiger partial charge >= 0.3 is 5.97 Å². The summed E-state index contributed by atoms with van der Waals surface area (Å²) < 4.78 is 4.76. The van der Waals surface area contributed by atoms with E-state index >= 15 is 0 Å². The number of hydrogen-bond acceptors (Lipinski definition) is 4. The second kappa shape index (κ2) is 7.62. The first kappa shape index (κ1) is 14.3. The second-order valence-corrected chi connectivity index (χ2v) is 3.47. The zero-order valence-corrected chi connectivity index (χ0v) is 9.67. The number of hydrogen-bond donors (Lipinski definition) is 1. The standard InChI is InChI=1S/C11H17NO4/c1-8(2)11(15)16-7-6-12-10(14)5-4-9(3)13/h1,4-7H2,2-3H3,(H,12,14). The summed E-state index contributed by atoms with van der Waals surface area (Å²) in [7, 11) is 0. The minimum Gasteiger partial charge on any atom is -0.460 e. The summed E-state index contributed by atoms with van der Waals surface area (Å²) in [6, 6.07) is 0. The molecular formula is C11H17NO4. The van der Waals surface area contributed by atoms with Gasteiger partial charge in [0.25, 0.3) is 0 Å². The van der Waals surface area contributed by atoms with Crippen LogP contribution in [-0.2, 0) is 19.1 Å². The van der Waals surface area contributed by atoms with Crippen molar-refractivity contribution in [1.29, 1.82) is 0 Å². The summed E-state index contributed by atoms with van der Waals surface area (Å²) >= 11 is 0. The summed E-state index contributed by atoms with van der Waals surface area (Å²) in [5.74, 6) is -0.719. The summed E-state index contributed by atoms with van der Waals surface area (Å²) in [4.78, 5) is 32.6. The number of nitrogens with one attached hydrogen (secondary N) is 1. The molecule has 0 atom stereocenters. The maximum Gasteiger partial charge on any atom is 0.333 e. The molecule has 0 radical (unpaired) electrons. The van der Waals surface area contributed by atoms with E-state index < -0.39 is 5.97 Å². The normalized spacial score (nSPS) is 9.38. The summed E-state index contributed by atoms with van der Waals surface area (Å²) in [6.07, 6.45) is 0.404. The van der Waals surface area contributed by atoms with E-state index in [9.17, 15) is 14.4 Å². The number of esters is 1. The van der Waals surface area contributed by atoms with E-state index in [0.717, 1.165) is 0 Å². The van der Waals surface area contributed by atoms with Crippen LogP contribution in [0.4, 0.5) is 0 Å². The summed E-state index contributed by atoms with van der Waals surface area (Å²) in [6.45, 7) is 6.75. The highest BCUT2D eigenvalue weighted by Gasteiger charge is 2.04. The molecule has 0 bridgehead atoms. The van der Waals surface area contributed by atoms with Gasteiger partial charge < -0.3 is 14.8 Å². The average Bonchev–Trinajstić information content (AvgIpc) is 2.20. The lowest BCUT2D eigenvalue weighted by Gasteiger charge is -2.05. The molecule has 0 saturated carbocycles. The first-order valence-electron chi connectivity index (χ1n) is 5.02. The fraction of sp³-hybridized carbons (Fsp3) is 0.545.